The molecule has 2 aromatic carbocycles. The summed E-state index contributed by atoms with van der Waals surface area (Å²) in [6.07, 6.45) is 1.40. The van der Waals surface area contributed by atoms with Crippen LogP contribution in [0.25, 0.3) is 0 Å². The molecule has 1 unspecified atom stereocenters. The summed E-state index contributed by atoms with van der Waals surface area (Å²) in [6.45, 7) is 0. The minimum Gasteiger partial charge on any atom is -0.508 e. The van der Waals surface area contributed by atoms with Crippen LogP contribution in [0.3, 0.4) is 0 Å². The van der Waals surface area contributed by atoms with Crippen LogP contribution in [-0.2, 0) is 0 Å². The second kappa shape index (κ2) is 4.30. The molecule has 0 aromatic heterocycles. The number of carbonyl (C=O) groups excluding carboxylic acids is 1. The van der Waals surface area contributed by atoms with Crippen LogP contribution in [0.15, 0.2) is 48.5 Å². The Morgan fingerprint density at radius 3 is 2.61 bits per heavy atom. The zero-order valence-electron chi connectivity index (χ0n) is 9.97. The van der Waals surface area contributed by atoms with E-state index in [0.717, 1.165) is 17.5 Å². The summed E-state index contributed by atoms with van der Waals surface area (Å²) in [7, 11) is 0. The molecule has 0 fully saturated rings. The predicted octanol–water partition coefficient (Wildman–Crippen LogP) is 3.50. The zero-order chi connectivity index (χ0) is 12.5. The van der Waals surface area contributed by atoms with Crippen molar-refractivity contribution in [2.75, 3.05) is 0 Å². The maximum absolute atomic E-state index is 11.9. The number of fused-ring (bicyclic) bond motifs is 1. The molecular formula is C16H14O2. The first-order chi connectivity index (χ1) is 8.75. The van der Waals surface area contributed by atoms with Gasteiger partial charge in [-0.25, -0.2) is 0 Å². The summed E-state index contributed by atoms with van der Waals surface area (Å²) in [5, 5.41) is 9.63. The van der Waals surface area contributed by atoms with Gasteiger partial charge in [-0.05, 0) is 35.7 Å². The van der Waals surface area contributed by atoms with Crippen molar-refractivity contribution in [3.63, 3.8) is 0 Å². The standard InChI is InChI=1S/C16H14O2/c17-12-6-7-14-15(10-12)13(8-9-16(14)18)11-4-2-1-3-5-11/h1-7,10,13,17H,8-9H2. The maximum Gasteiger partial charge on any atom is 0.163 e. The fraction of sp³-hybridized carbons (Fsp3) is 0.188. The highest BCUT2D eigenvalue weighted by Gasteiger charge is 2.26. The molecule has 0 amide bonds. The zero-order valence-corrected chi connectivity index (χ0v) is 9.97. The van der Waals surface area contributed by atoms with E-state index in [1.54, 1.807) is 18.2 Å². The van der Waals surface area contributed by atoms with Crippen molar-refractivity contribution >= 4 is 5.78 Å². The lowest BCUT2D eigenvalue weighted by atomic mass is 9.78. The second-order valence-electron chi connectivity index (χ2n) is 4.70. The molecule has 1 atom stereocenters. The molecule has 0 saturated heterocycles. The Hall–Kier alpha value is -2.09. The lowest BCUT2D eigenvalue weighted by molar-refractivity contribution is 0.0969. The van der Waals surface area contributed by atoms with Gasteiger partial charge in [0.25, 0.3) is 0 Å². The molecule has 1 aliphatic rings. The summed E-state index contributed by atoms with van der Waals surface area (Å²) in [5.41, 5.74) is 2.92. The van der Waals surface area contributed by atoms with Gasteiger partial charge in [0, 0.05) is 17.9 Å². The van der Waals surface area contributed by atoms with E-state index >= 15 is 0 Å². The molecule has 90 valence electrons. The van der Waals surface area contributed by atoms with Crippen molar-refractivity contribution in [3.05, 3.63) is 65.2 Å². The quantitative estimate of drug-likeness (QED) is 0.825. The highest BCUT2D eigenvalue weighted by atomic mass is 16.3. The van der Waals surface area contributed by atoms with E-state index < -0.39 is 0 Å². The average Bonchev–Trinajstić information content (AvgIpc) is 2.40. The first-order valence-corrected chi connectivity index (χ1v) is 6.17. The van der Waals surface area contributed by atoms with E-state index in [9.17, 15) is 9.90 Å². The smallest absolute Gasteiger partial charge is 0.163 e. The minimum absolute atomic E-state index is 0.178. The van der Waals surface area contributed by atoms with Crippen molar-refractivity contribution in [1.82, 2.24) is 0 Å². The number of ketones is 1. The first-order valence-electron chi connectivity index (χ1n) is 6.17. The van der Waals surface area contributed by atoms with Crippen molar-refractivity contribution in [3.8, 4) is 5.75 Å². The molecule has 1 N–H and O–H groups in total. The lowest BCUT2D eigenvalue weighted by Crippen LogP contribution is -2.16. The molecule has 2 aromatic rings. The van der Waals surface area contributed by atoms with Gasteiger partial charge in [-0.15, -0.1) is 0 Å². The molecule has 0 spiro atoms. The number of Topliss-reactive ketones (excluding diaryl/α,β-unsaturated/α-hetero) is 1. The fourth-order valence-electron chi connectivity index (χ4n) is 2.69. The maximum atomic E-state index is 11.9. The Balaban J connectivity index is 2.13. The van der Waals surface area contributed by atoms with E-state index in [-0.39, 0.29) is 17.5 Å². The van der Waals surface area contributed by atoms with Crippen LogP contribution in [0.5, 0.6) is 5.75 Å². The van der Waals surface area contributed by atoms with Crippen LogP contribution >= 0.6 is 0 Å². The van der Waals surface area contributed by atoms with Crippen LogP contribution in [0.1, 0.15) is 40.2 Å². The molecule has 0 radical (unpaired) electrons. The number of aromatic hydroxyl groups is 1. The van der Waals surface area contributed by atoms with Gasteiger partial charge in [0.15, 0.2) is 5.78 Å². The molecule has 2 heteroatoms. The molecule has 2 nitrogen and oxygen atoms in total. The minimum atomic E-state index is 0.178. The van der Waals surface area contributed by atoms with E-state index in [2.05, 4.69) is 12.1 Å². The van der Waals surface area contributed by atoms with E-state index in [1.807, 2.05) is 18.2 Å². The molecule has 1 aliphatic carbocycles. The Labute approximate surface area is 106 Å². The van der Waals surface area contributed by atoms with Crippen LogP contribution in [0.2, 0.25) is 0 Å². The Morgan fingerprint density at radius 1 is 1.06 bits per heavy atom. The van der Waals surface area contributed by atoms with Crippen LogP contribution < -0.4 is 0 Å². The highest BCUT2D eigenvalue weighted by molar-refractivity contribution is 5.99. The molecule has 18 heavy (non-hydrogen) atoms. The van der Waals surface area contributed by atoms with Gasteiger partial charge in [0.05, 0.1) is 0 Å². The van der Waals surface area contributed by atoms with Crippen LogP contribution in [-0.4, -0.2) is 10.9 Å². The van der Waals surface area contributed by atoms with Gasteiger partial charge >= 0.3 is 0 Å². The predicted molar refractivity (Wildman–Crippen MR) is 70.0 cm³/mol. The number of phenols is 1. The Bertz CT molecular complexity index is 587. The largest absolute Gasteiger partial charge is 0.508 e. The van der Waals surface area contributed by atoms with Crippen molar-refractivity contribution in [2.45, 2.75) is 18.8 Å². The topological polar surface area (TPSA) is 37.3 Å². The third-order valence-electron chi connectivity index (χ3n) is 3.57. The monoisotopic (exact) mass is 238 g/mol. The normalized spacial score (nSPS) is 18.4. The molecule has 0 saturated carbocycles. The highest BCUT2D eigenvalue weighted by Crippen LogP contribution is 2.37. The molecule has 0 heterocycles. The molecule has 3 rings (SSSR count). The summed E-state index contributed by atoms with van der Waals surface area (Å²) in [5.74, 6) is 0.618. The summed E-state index contributed by atoms with van der Waals surface area (Å²) in [4.78, 5) is 11.9. The molecule has 0 aliphatic heterocycles. The Kier molecular flexibility index (Phi) is 2.63. The average molecular weight is 238 g/mol. The van der Waals surface area contributed by atoms with Crippen LogP contribution in [0, 0.1) is 0 Å². The SMILES string of the molecule is O=C1CCC(c2ccccc2)c2cc(O)ccc21. The number of hydrogen-bond donors (Lipinski definition) is 1. The Morgan fingerprint density at radius 2 is 1.83 bits per heavy atom. The van der Waals surface area contributed by atoms with Crippen LogP contribution in [0.4, 0.5) is 0 Å². The van der Waals surface area contributed by atoms with E-state index in [0.29, 0.717) is 6.42 Å². The van der Waals surface area contributed by atoms with Gasteiger partial charge in [0.1, 0.15) is 5.75 Å². The summed E-state index contributed by atoms with van der Waals surface area (Å²) < 4.78 is 0. The van der Waals surface area contributed by atoms with Gasteiger partial charge < -0.3 is 5.11 Å². The van der Waals surface area contributed by atoms with Gasteiger partial charge in [-0.1, -0.05) is 30.3 Å². The second-order valence-corrected chi connectivity index (χ2v) is 4.70. The number of hydrogen-bond acceptors (Lipinski definition) is 2. The van der Waals surface area contributed by atoms with E-state index in [1.165, 1.54) is 5.56 Å². The number of carbonyl (C=O) groups is 1. The van der Waals surface area contributed by atoms with Gasteiger partial charge in [0.2, 0.25) is 0 Å². The third-order valence-corrected chi connectivity index (χ3v) is 3.57. The fourth-order valence-corrected chi connectivity index (χ4v) is 2.69. The first kappa shape index (κ1) is 11.0. The third kappa shape index (κ3) is 1.80. The summed E-state index contributed by atoms with van der Waals surface area (Å²) in [6, 6.07) is 15.2. The number of phenolic OH excluding ortho intramolecular Hbond substituents is 1. The number of benzene rings is 2. The van der Waals surface area contributed by atoms with Crippen molar-refractivity contribution < 1.29 is 9.90 Å². The van der Waals surface area contributed by atoms with Crippen molar-refractivity contribution in [2.24, 2.45) is 0 Å². The molecule has 0 bridgehead atoms. The summed E-state index contributed by atoms with van der Waals surface area (Å²) >= 11 is 0. The number of rotatable bonds is 1. The van der Waals surface area contributed by atoms with E-state index in [4.69, 9.17) is 0 Å². The van der Waals surface area contributed by atoms with Gasteiger partial charge in [-0.2, -0.15) is 0 Å². The van der Waals surface area contributed by atoms with Crippen molar-refractivity contribution in [1.29, 1.82) is 0 Å². The molecular weight excluding hydrogens is 224 g/mol. The van der Waals surface area contributed by atoms with Gasteiger partial charge in [-0.3, -0.25) is 4.79 Å². The lowest BCUT2D eigenvalue weighted by Gasteiger charge is -2.25.